The van der Waals surface area contributed by atoms with Crippen molar-refractivity contribution in [2.75, 3.05) is 5.32 Å². The fourth-order valence-corrected chi connectivity index (χ4v) is 3.03. The van der Waals surface area contributed by atoms with E-state index in [1.165, 1.54) is 12.8 Å². The Labute approximate surface area is 138 Å². The SMILES string of the molecule is O=C(NC1CCCC1)c1ccc(Nc2ccccc2Br)cn1. The Morgan fingerprint density at radius 3 is 2.59 bits per heavy atom. The maximum atomic E-state index is 12.1. The second-order valence-corrected chi connectivity index (χ2v) is 6.35. The molecule has 1 fully saturated rings. The Kier molecular flexibility index (Phi) is 4.73. The molecule has 0 bridgehead atoms. The Hall–Kier alpha value is -1.88. The van der Waals surface area contributed by atoms with Crippen LogP contribution in [0, 0.1) is 0 Å². The summed E-state index contributed by atoms with van der Waals surface area (Å²) in [6, 6.07) is 11.8. The van der Waals surface area contributed by atoms with Gasteiger partial charge in [-0.2, -0.15) is 0 Å². The summed E-state index contributed by atoms with van der Waals surface area (Å²) < 4.78 is 0.984. The Morgan fingerprint density at radius 2 is 1.91 bits per heavy atom. The number of carbonyl (C=O) groups excluding carboxylic acids is 1. The molecule has 3 rings (SSSR count). The number of halogens is 1. The van der Waals surface area contributed by atoms with Crippen molar-refractivity contribution in [1.82, 2.24) is 10.3 Å². The van der Waals surface area contributed by atoms with Gasteiger partial charge in [0, 0.05) is 10.5 Å². The third-order valence-electron chi connectivity index (χ3n) is 3.84. The average molecular weight is 360 g/mol. The molecule has 0 aliphatic heterocycles. The van der Waals surface area contributed by atoms with Crippen LogP contribution in [-0.4, -0.2) is 16.9 Å². The molecule has 0 spiro atoms. The molecule has 0 unspecified atom stereocenters. The summed E-state index contributed by atoms with van der Waals surface area (Å²) in [5.41, 5.74) is 2.28. The summed E-state index contributed by atoms with van der Waals surface area (Å²) in [4.78, 5) is 16.4. The number of nitrogens with one attached hydrogen (secondary N) is 2. The average Bonchev–Trinajstić information content (AvgIpc) is 3.03. The Morgan fingerprint density at radius 1 is 1.14 bits per heavy atom. The molecule has 2 N–H and O–H groups in total. The van der Waals surface area contributed by atoms with Crippen molar-refractivity contribution in [3.63, 3.8) is 0 Å². The number of hydrogen-bond acceptors (Lipinski definition) is 3. The predicted molar refractivity (Wildman–Crippen MR) is 91.4 cm³/mol. The zero-order valence-electron chi connectivity index (χ0n) is 12.2. The number of pyridine rings is 1. The summed E-state index contributed by atoms with van der Waals surface area (Å²) in [5.74, 6) is -0.0839. The van der Waals surface area contributed by atoms with Gasteiger partial charge in [0.05, 0.1) is 17.6 Å². The van der Waals surface area contributed by atoms with E-state index >= 15 is 0 Å². The molecule has 1 saturated carbocycles. The van der Waals surface area contributed by atoms with E-state index in [1.54, 1.807) is 12.3 Å². The van der Waals surface area contributed by atoms with E-state index < -0.39 is 0 Å². The highest BCUT2D eigenvalue weighted by atomic mass is 79.9. The maximum absolute atomic E-state index is 12.1. The molecule has 0 saturated heterocycles. The summed E-state index contributed by atoms with van der Waals surface area (Å²) in [5, 5.41) is 6.31. The Balaban J connectivity index is 1.64. The molecular weight excluding hydrogens is 342 g/mol. The molecule has 1 aromatic carbocycles. The fourth-order valence-electron chi connectivity index (χ4n) is 2.65. The van der Waals surface area contributed by atoms with Crippen LogP contribution < -0.4 is 10.6 Å². The number of amides is 1. The first-order valence-electron chi connectivity index (χ1n) is 7.51. The number of aromatic nitrogens is 1. The number of anilines is 2. The first-order chi connectivity index (χ1) is 10.7. The van der Waals surface area contributed by atoms with Crippen molar-refractivity contribution in [1.29, 1.82) is 0 Å². The number of carbonyl (C=O) groups is 1. The lowest BCUT2D eigenvalue weighted by atomic mass is 10.2. The first kappa shape index (κ1) is 15.0. The van der Waals surface area contributed by atoms with Crippen LogP contribution >= 0.6 is 15.9 Å². The van der Waals surface area contributed by atoms with Crippen LogP contribution in [0.2, 0.25) is 0 Å². The number of nitrogens with zero attached hydrogens (tertiary/aromatic N) is 1. The van der Waals surface area contributed by atoms with Gasteiger partial charge in [0.2, 0.25) is 0 Å². The quantitative estimate of drug-likeness (QED) is 0.857. The fraction of sp³-hybridized carbons (Fsp3) is 0.294. The number of hydrogen-bond donors (Lipinski definition) is 2. The molecule has 1 aliphatic rings. The maximum Gasteiger partial charge on any atom is 0.270 e. The third-order valence-corrected chi connectivity index (χ3v) is 4.53. The van der Waals surface area contributed by atoms with Crippen LogP contribution in [0.3, 0.4) is 0 Å². The molecule has 1 aliphatic carbocycles. The van der Waals surface area contributed by atoms with Gasteiger partial charge in [-0.1, -0.05) is 25.0 Å². The van der Waals surface area contributed by atoms with Gasteiger partial charge in [-0.05, 0) is 53.0 Å². The zero-order valence-corrected chi connectivity index (χ0v) is 13.8. The van der Waals surface area contributed by atoms with Gasteiger partial charge in [0.1, 0.15) is 5.69 Å². The molecule has 4 nitrogen and oxygen atoms in total. The topological polar surface area (TPSA) is 54.0 Å². The molecule has 5 heteroatoms. The van der Waals surface area contributed by atoms with Gasteiger partial charge in [-0.25, -0.2) is 4.98 Å². The molecule has 2 aromatic rings. The van der Waals surface area contributed by atoms with Gasteiger partial charge >= 0.3 is 0 Å². The van der Waals surface area contributed by atoms with Gasteiger partial charge in [0.25, 0.3) is 5.91 Å². The van der Waals surface area contributed by atoms with Crippen molar-refractivity contribution >= 4 is 33.2 Å². The normalized spacial score (nSPS) is 14.8. The summed E-state index contributed by atoms with van der Waals surface area (Å²) in [7, 11) is 0. The molecule has 22 heavy (non-hydrogen) atoms. The van der Waals surface area contributed by atoms with Crippen molar-refractivity contribution in [2.45, 2.75) is 31.7 Å². The minimum Gasteiger partial charge on any atom is -0.353 e. The standard InChI is InChI=1S/C17H18BrN3O/c18-14-7-3-4-8-15(14)20-13-9-10-16(19-11-13)17(22)21-12-5-1-2-6-12/h3-4,7-12,20H,1-2,5-6H2,(H,21,22). The monoisotopic (exact) mass is 359 g/mol. The van der Waals surface area contributed by atoms with Crippen molar-refractivity contribution < 1.29 is 4.79 Å². The highest BCUT2D eigenvalue weighted by Gasteiger charge is 2.18. The largest absolute Gasteiger partial charge is 0.353 e. The van der Waals surface area contributed by atoms with E-state index in [-0.39, 0.29) is 5.91 Å². The molecule has 0 atom stereocenters. The lowest BCUT2D eigenvalue weighted by Gasteiger charge is -2.12. The van der Waals surface area contributed by atoms with E-state index in [9.17, 15) is 4.79 Å². The van der Waals surface area contributed by atoms with E-state index in [4.69, 9.17) is 0 Å². The molecule has 0 radical (unpaired) electrons. The molecule has 1 amide bonds. The van der Waals surface area contributed by atoms with Crippen LogP contribution in [0.4, 0.5) is 11.4 Å². The third kappa shape index (κ3) is 3.65. The van der Waals surface area contributed by atoms with E-state index in [2.05, 4.69) is 31.5 Å². The summed E-state index contributed by atoms with van der Waals surface area (Å²) in [6.45, 7) is 0. The van der Waals surface area contributed by atoms with Crippen LogP contribution in [0.15, 0.2) is 47.1 Å². The smallest absolute Gasteiger partial charge is 0.270 e. The van der Waals surface area contributed by atoms with Crippen LogP contribution in [0.25, 0.3) is 0 Å². The number of benzene rings is 1. The van der Waals surface area contributed by atoms with Gasteiger partial charge in [0.15, 0.2) is 0 Å². The number of rotatable bonds is 4. The van der Waals surface area contributed by atoms with Crippen molar-refractivity contribution in [3.05, 3.63) is 52.8 Å². The molecule has 1 heterocycles. The van der Waals surface area contributed by atoms with Crippen LogP contribution in [-0.2, 0) is 0 Å². The molecular formula is C17H18BrN3O. The predicted octanol–water partition coefficient (Wildman–Crippen LogP) is 4.26. The molecule has 1 aromatic heterocycles. The zero-order chi connectivity index (χ0) is 15.4. The van der Waals surface area contributed by atoms with Crippen molar-refractivity contribution in [3.8, 4) is 0 Å². The van der Waals surface area contributed by atoms with Gasteiger partial charge in [-0.3, -0.25) is 4.79 Å². The lowest BCUT2D eigenvalue weighted by Crippen LogP contribution is -2.33. The van der Waals surface area contributed by atoms with E-state index in [0.717, 1.165) is 28.7 Å². The second-order valence-electron chi connectivity index (χ2n) is 5.49. The van der Waals surface area contributed by atoms with E-state index in [1.807, 2.05) is 30.3 Å². The lowest BCUT2D eigenvalue weighted by molar-refractivity contribution is 0.0933. The second kappa shape index (κ2) is 6.92. The van der Waals surface area contributed by atoms with Gasteiger partial charge in [-0.15, -0.1) is 0 Å². The summed E-state index contributed by atoms with van der Waals surface area (Å²) >= 11 is 3.49. The minimum atomic E-state index is -0.0839. The minimum absolute atomic E-state index is 0.0839. The van der Waals surface area contributed by atoms with Crippen LogP contribution in [0.1, 0.15) is 36.2 Å². The highest BCUT2D eigenvalue weighted by molar-refractivity contribution is 9.10. The first-order valence-corrected chi connectivity index (χ1v) is 8.30. The summed E-state index contributed by atoms with van der Waals surface area (Å²) in [6.07, 6.45) is 6.24. The molecule has 114 valence electrons. The Bertz CT molecular complexity index is 651. The van der Waals surface area contributed by atoms with Crippen LogP contribution in [0.5, 0.6) is 0 Å². The highest BCUT2D eigenvalue weighted by Crippen LogP contribution is 2.25. The van der Waals surface area contributed by atoms with E-state index in [0.29, 0.717) is 11.7 Å². The van der Waals surface area contributed by atoms with Gasteiger partial charge < -0.3 is 10.6 Å². The van der Waals surface area contributed by atoms with Crippen molar-refractivity contribution in [2.24, 2.45) is 0 Å². The number of para-hydroxylation sites is 1.